The van der Waals surface area contributed by atoms with Crippen molar-refractivity contribution in [3.05, 3.63) is 28.8 Å². The van der Waals surface area contributed by atoms with Crippen molar-refractivity contribution in [1.29, 1.82) is 0 Å². The van der Waals surface area contributed by atoms with Gasteiger partial charge in [-0.2, -0.15) is 0 Å². The van der Waals surface area contributed by atoms with Gasteiger partial charge in [0.05, 0.1) is 6.61 Å². The predicted molar refractivity (Wildman–Crippen MR) is 69.2 cm³/mol. The Morgan fingerprint density at radius 3 is 2.75 bits per heavy atom. The topological polar surface area (TPSA) is 21.3 Å². The van der Waals surface area contributed by atoms with Crippen molar-refractivity contribution in [2.24, 2.45) is 0 Å². The van der Waals surface area contributed by atoms with Gasteiger partial charge < -0.3 is 10.1 Å². The van der Waals surface area contributed by atoms with Gasteiger partial charge in [0.2, 0.25) is 0 Å². The molecular weight excluding hydrogens is 222 g/mol. The number of halogens is 1. The molecule has 2 nitrogen and oxygen atoms in total. The van der Waals surface area contributed by atoms with Gasteiger partial charge in [0.1, 0.15) is 5.75 Å². The van der Waals surface area contributed by atoms with Crippen LogP contribution in [-0.4, -0.2) is 12.6 Å². The molecule has 1 rings (SSSR count). The first-order valence-electron chi connectivity index (χ1n) is 5.82. The number of rotatable bonds is 6. The summed E-state index contributed by atoms with van der Waals surface area (Å²) in [6.45, 7) is 7.80. The summed E-state index contributed by atoms with van der Waals surface area (Å²) < 4.78 is 5.56. The molecule has 0 bridgehead atoms. The number of hydrogen-bond acceptors (Lipinski definition) is 2. The van der Waals surface area contributed by atoms with Crippen LogP contribution in [0, 0.1) is 0 Å². The summed E-state index contributed by atoms with van der Waals surface area (Å²) in [5, 5.41) is 4.19. The van der Waals surface area contributed by atoms with Crippen molar-refractivity contribution >= 4 is 11.6 Å². The Morgan fingerprint density at radius 1 is 1.38 bits per heavy atom. The summed E-state index contributed by atoms with van der Waals surface area (Å²) in [6.07, 6.45) is 1.12. The highest BCUT2D eigenvalue weighted by Gasteiger charge is 2.05. The average Bonchev–Trinajstić information content (AvgIpc) is 2.29. The molecule has 0 saturated carbocycles. The lowest BCUT2D eigenvalue weighted by Gasteiger charge is -2.14. The molecule has 1 aromatic rings. The Hall–Kier alpha value is -0.730. The molecule has 1 atom stereocenters. The van der Waals surface area contributed by atoms with Crippen molar-refractivity contribution in [3.63, 3.8) is 0 Å². The molecule has 1 N–H and O–H groups in total. The van der Waals surface area contributed by atoms with Crippen molar-refractivity contribution in [2.75, 3.05) is 6.61 Å². The van der Waals surface area contributed by atoms with Crippen molar-refractivity contribution in [2.45, 2.75) is 39.8 Å². The highest BCUT2D eigenvalue weighted by Crippen LogP contribution is 2.23. The largest absolute Gasteiger partial charge is 0.494 e. The first-order chi connectivity index (χ1) is 7.67. The molecule has 90 valence electrons. The number of nitrogens with one attached hydrogen (secondary N) is 1. The fraction of sp³-hybridized carbons (Fsp3) is 0.538. The van der Waals surface area contributed by atoms with Gasteiger partial charge in [-0.3, -0.25) is 0 Å². The maximum Gasteiger partial charge on any atom is 0.123 e. The van der Waals surface area contributed by atoms with E-state index in [2.05, 4.69) is 19.2 Å². The van der Waals surface area contributed by atoms with Crippen LogP contribution < -0.4 is 10.1 Å². The second-order valence-electron chi connectivity index (χ2n) is 3.88. The molecule has 0 aliphatic rings. The molecule has 0 amide bonds. The lowest BCUT2D eigenvalue weighted by atomic mass is 10.1. The van der Waals surface area contributed by atoms with Crippen LogP contribution >= 0.6 is 11.6 Å². The minimum absolute atomic E-state index is 0.508. The molecule has 0 aliphatic carbocycles. The van der Waals surface area contributed by atoms with E-state index in [1.165, 1.54) is 0 Å². The summed E-state index contributed by atoms with van der Waals surface area (Å²) in [6, 6.07) is 6.26. The van der Waals surface area contributed by atoms with Gasteiger partial charge in [-0.1, -0.05) is 18.5 Å². The Balaban J connectivity index is 2.71. The van der Waals surface area contributed by atoms with Gasteiger partial charge in [0.15, 0.2) is 0 Å². The minimum atomic E-state index is 0.508. The zero-order valence-electron chi connectivity index (χ0n) is 10.2. The quantitative estimate of drug-likeness (QED) is 0.821. The van der Waals surface area contributed by atoms with E-state index >= 15 is 0 Å². The van der Waals surface area contributed by atoms with Crippen LogP contribution in [0.15, 0.2) is 18.2 Å². The fourth-order valence-corrected chi connectivity index (χ4v) is 1.61. The highest BCUT2D eigenvalue weighted by molar-refractivity contribution is 6.30. The molecular formula is C13H20ClNO. The van der Waals surface area contributed by atoms with E-state index in [-0.39, 0.29) is 0 Å². The maximum absolute atomic E-state index is 5.98. The molecule has 3 heteroatoms. The molecule has 0 aromatic heterocycles. The van der Waals surface area contributed by atoms with E-state index < -0.39 is 0 Å². The van der Waals surface area contributed by atoms with Gasteiger partial charge in [-0.05, 0) is 38.5 Å². The van der Waals surface area contributed by atoms with Crippen LogP contribution in [0.3, 0.4) is 0 Å². The molecule has 1 unspecified atom stereocenters. The molecule has 0 radical (unpaired) electrons. The fourth-order valence-electron chi connectivity index (χ4n) is 1.41. The third-order valence-electron chi connectivity index (χ3n) is 2.58. The number of ether oxygens (including phenoxy) is 1. The Kier molecular flexibility index (Phi) is 5.64. The van der Waals surface area contributed by atoms with E-state index in [1.807, 2.05) is 25.1 Å². The second-order valence-corrected chi connectivity index (χ2v) is 4.31. The summed E-state index contributed by atoms with van der Waals surface area (Å²) in [5.41, 5.74) is 1.12. The summed E-state index contributed by atoms with van der Waals surface area (Å²) in [7, 11) is 0. The molecule has 0 aliphatic heterocycles. The third-order valence-corrected chi connectivity index (χ3v) is 2.81. The van der Waals surface area contributed by atoms with E-state index in [0.717, 1.165) is 29.3 Å². The Bertz CT molecular complexity index is 328. The van der Waals surface area contributed by atoms with Gasteiger partial charge >= 0.3 is 0 Å². The zero-order valence-corrected chi connectivity index (χ0v) is 11.0. The van der Waals surface area contributed by atoms with E-state index in [4.69, 9.17) is 16.3 Å². The molecule has 0 spiro atoms. The summed E-state index contributed by atoms with van der Waals surface area (Å²) in [4.78, 5) is 0. The predicted octanol–water partition coefficient (Wildman–Crippen LogP) is 3.63. The molecule has 0 fully saturated rings. The SMILES string of the molecule is CCOc1ccc(Cl)cc1CNC(C)CC. The monoisotopic (exact) mass is 241 g/mol. The van der Waals surface area contributed by atoms with Crippen LogP contribution in [0.4, 0.5) is 0 Å². The number of hydrogen-bond donors (Lipinski definition) is 1. The van der Waals surface area contributed by atoms with Crippen LogP contribution in [0.2, 0.25) is 5.02 Å². The van der Waals surface area contributed by atoms with Crippen molar-refractivity contribution in [1.82, 2.24) is 5.32 Å². The van der Waals surface area contributed by atoms with Crippen molar-refractivity contribution in [3.8, 4) is 5.75 Å². The first kappa shape index (κ1) is 13.3. The molecule has 1 aromatic carbocycles. The number of benzene rings is 1. The van der Waals surface area contributed by atoms with E-state index in [9.17, 15) is 0 Å². The van der Waals surface area contributed by atoms with Gasteiger partial charge in [-0.25, -0.2) is 0 Å². The molecule has 0 heterocycles. The van der Waals surface area contributed by atoms with Gasteiger partial charge in [-0.15, -0.1) is 0 Å². The Morgan fingerprint density at radius 2 is 2.12 bits per heavy atom. The normalized spacial score (nSPS) is 12.5. The van der Waals surface area contributed by atoms with E-state index in [1.54, 1.807) is 0 Å². The minimum Gasteiger partial charge on any atom is -0.494 e. The van der Waals surface area contributed by atoms with Gasteiger partial charge in [0.25, 0.3) is 0 Å². The lowest BCUT2D eigenvalue weighted by Crippen LogP contribution is -2.24. The van der Waals surface area contributed by atoms with Crippen LogP contribution in [0.25, 0.3) is 0 Å². The standard InChI is InChI=1S/C13H20ClNO/c1-4-10(3)15-9-11-8-12(14)6-7-13(11)16-5-2/h6-8,10,15H,4-5,9H2,1-3H3. The average molecular weight is 242 g/mol. The second kappa shape index (κ2) is 6.77. The van der Waals surface area contributed by atoms with Crippen molar-refractivity contribution < 1.29 is 4.74 Å². The van der Waals surface area contributed by atoms with E-state index in [0.29, 0.717) is 12.6 Å². The van der Waals surface area contributed by atoms with Crippen LogP contribution in [0.1, 0.15) is 32.8 Å². The zero-order chi connectivity index (χ0) is 12.0. The van der Waals surface area contributed by atoms with Gasteiger partial charge in [0, 0.05) is 23.2 Å². The molecule has 0 saturated heterocycles. The highest BCUT2D eigenvalue weighted by atomic mass is 35.5. The Labute approximate surface area is 103 Å². The maximum atomic E-state index is 5.98. The van der Waals surface area contributed by atoms with Crippen LogP contribution in [-0.2, 0) is 6.54 Å². The summed E-state index contributed by atoms with van der Waals surface area (Å²) in [5.74, 6) is 0.919. The summed E-state index contributed by atoms with van der Waals surface area (Å²) >= 11 is 5.98. The molecule has 16 heavy (non-hydrogen) atoms. The van der Waals surface area contributed by atoms with Crippen LogP contribution in [0.5, 0.6) is 5.75 Å². The third kappa shape index (κ3) is 4.03. The first-order valence-corrected chi connectivity index (χ1v) is 6.19. The smallest absolute Gasteiger partial charge is 0.123 e. The lowest BCUT2D eigenvalue weighted by molar-refractivity contribution is 0.334.